The predicted octanol–water partition coefficient (Wildman–Crippen LogP) is 0.233. The van der Waals surface area contributed by atoms with Gasteiger partial charge in [-0.05, 0) is 19.8 Å². The van der Waals surface area contributed by atoms with Gasteiger partial charge in [-0.25, -0.2) is 0 Å². The fourth-order valence-electron chi connectivity index (χ4n) is 2.33. The van der Waals surface area contributed by atoms with E-state index >= 15 is 0 Å². The number of amides is 1. The van der Waals surface area contributed by atoms with Crippen molar-refractivity contribution in [2.45, 2.75) is 25.8 Å². The molecule has 15 heavy (non-hydrogen) atoms. The van der Waals surface area contributed by atoms with E-state index in [1.807, 2.05) is 4.90 Å². The molecule has 0 radical (unpaired) electrons. The lowest BCUT2D eigenvalue weighted by atomic mass is 10.00. The summed E-state index contributed by atoms with van der Waals surface area (Å²) < 4.78 is 5.36. The highest BCUT2D eigenvalue weighted by atomic mass is 16.5. The fraction of sp³-hybridized carbons (Fsp3) is 0.909. The van der Waals surface area contributed by atoms with Crippen LogP contribution in [0.4, 0.5) is 0 Å². The van der Waals surface area contributed by atoms with Gasteiger partial charge in [0.05, 0.1) is 12.5 Å². The molecule has 2 unspecified atom stereocenters. The number of nitrogens with zero attached hydrogens (tertiary/aromatic N) is 1. The Hall–Kier alpha value is -0.610. The zero-order valence-electron chi connectivity index (χ0n) is 9.37. The number of hydrogen-bond donors (Lipinski definition) is 1. The normalized spacial score (nSPS) is 32.7. The third-order valence-electron chi connectivity index (χ3n) is 3.19. The molecule has 4 nitrogen and oxygen atoms in total. The molecule has 1 amide bonds. The van der Waals surface area contributed by atoms with Gasteiger partial charge in [0, 0.05) is 32.3 Å². The van der Waals surface area contributed by atoms with Gasteiger partial charge in [-0.1, -0.05) is 0 Å². The molecule has 2 aliphatic heterocycles. The molecule has 0 aromatic heterocycles. The second-order valence-electron chi connectivity index (χ2n) is 4.55. The van der Waals surface area contributed by atoms with Crippen LogP contribution in [-0.2, 0) is 9.53 Å². The second kappa shape index (κ2) is 4.94. The molecule has 0 aromatic rings. The maximum absolute atomic E-state index is 12.1. The molecule has 2 rings (SSSR count). The molecular weight excluding hydrogens is 192 g/mol. The summed E-state index contributed by atoms with van der Waals surface area (Å²) in [6, 6.07) is 0.423. The Kier molecular flexibility index (Phi) is 3.59. The highest BCUT2D eigenvalue weighted by Crippen LogP contribution is 2.17. The number of piperazine rings is 1. The van der Waals surface area contributed by atoms with Crippen molar-refractivity contribution < 1.29 is 9.53 Å². The smallest absolute Gasteiger partial charge is 0.228 e. The zero-order chi connectivity index (χ0) is 10.7. The summed E-state index contributed by atoms with van der Waals surface area (Å²) >= 11 is 0. The van der Waals surface area contributed by atoms with Crippen molar-refractivity contribution in [1.82, 2.24) is 10.2 Å². The summed E-state index contributed by atoms with van der Waals surface area (Å²) in [5.74, 6) is 0.409. The molecule has 86 valence electrons. The average Bonchev–Trinajstić information content (AvgIpc) is 2.29. The third kappa shape index (κ3) is 2.69. The number of ether oxygens (including phenoxy) is 1. The molecule has 2 fully saturated rings. The number of carbonyl (C=O) groups excluding carboxylic acids is 1. The minimum Gasteiger partial charge on any atom is -0.381 e. The van der Waals surface area contributed by atoms with E-state index in [0.29, 0.717) is 18.6 Å². The Morgan fingerprint density at radius 2 is 2.40 bits per heavy atom. The Morgan fingerprint density at radius 3 is 3.07 bits per heavy atom. The maximum Gasteiger partial charge on any atom is 0.228 e. The van der Waals surface area contributed by atoms with Gasteiger partial charge in [-0.15, -0.1) is 0 Å². The number of carbonyl (C=O) groups is 1. The van der Waals surface area contributed by atoms with Crippen LogP contribution in [0.3, 0.4) is 0 Å². The van der Waals surface area contributed by atoms with Gasteiger partial charge in [0.15, 0.2) is 0 Å². The Balaban J connectivity index is 1.88. The van der Waals surface area contributed by atoms with Crippen LogP contribution in [0.25, 0.3) is 0 Å². The Morgan fingerprint density at radius 1 is 1.53 bits per heavy atom. The van der Waals surface area contributed by atoms with Crippen LogP contribution in [0.2, 0.25) is 0 Å². The molecule has 4 heteroatoms. The van der Waals surface area contributed by atoms with Crippen LogP contribution in [0.5, 0.6) is 0 Å². The van der Waals surface area contributed by atoms with E-state index < -0.39 is 0 Å². The highest BCUT2D eigenvalue weighted by Gasteiger charge is 2.28. The molecule has 2 heterocycles. The van der Waals surface area contributed by atoms with Gasteiger partial charge in [0.2, 0.25) is 5.91 Å². The maximum atomic E-state index is 12.1. The quantitative estimate of drug-likeness (QED) is 0.676. The molecule has 0 saturated carbocycles. The van der Waals surface area contributed by atoms with Crippen molar-refractivity contribution in [3.8, 4) is 0 Å². The number of nitrogens with one attached hydrogen (secondary N) is 1. The van der Waals surface area contributed by atoms with E-state index in [9.17, 15) is 4.79 Å². The molecule has 2 aliphatic rings. The van der Waals surface area contributed by atoms with E-state index in [4.69, 9.17) is 4.74 Å². The molecular formula is C11H20N2O2. The van der Waals surface area contributed by atoms with Crippen molar-refractivity contribution in [1.29, 1.82) is 0 Å². The summed E-state index contributed by atoms with van der Waals surface area (Å²) in [6.07, 6.45) is 2.02. The van der Waals surface area contributed by atoms with Gasteiger partial charge in [0.25, 0.3) is 0 Å². The van der Waals surface area contributed by atoms with Gasteiger partial charge < -0.3 is 15.0 Å². The summed E-state index contributed by atoms with van der Waals surface area (Å²) in [4.78, 5) is 14.1. The Labute approximate surface area is 91.0 Å². The molecule has 0 spiro atoms. The lowest BCUT2D eigenvalue weighted by Gasteiger charge is -2.35. The van der Waals surface area contributed by atoms with E-state index in [0.717, 1.165) is 39.1 Å². The highest BCUT2D eigenvalue weighted by molar-refractivity contribution is 5.79. The van der Waals surface area contributed by atoms with Crippen LogP contribution < -0.4 is 5.32 Å². The molecule has 2 saturated heterocycles. The first-order valence-electron chi connectivity index (χ1n) is 5.87. The van der Waals surface area contributed by atoms with Crippen LogP contribution in [0.15, 0.2) is 0 Å². The monoisotopic (exact) mass is 212 g/mol. The van der Waals surface area contributed by atoms with Crippen molar-refractivity contribution in [2.24, 2.45) is 5.92 Å². The second-order valence-corrected chi connectivity index (χ2v) is 4.55. The van der Waals surface area contributed by atoms with E-state index in [-0.39, 0.29) is 5.92 Å². The molecule has 0 bridgehead atoms. The van der Waals surface area contributed by atoms with Crippen LogP contribution in [-0.4, -0.2) is 49.7 Å². The molecule has 1 N–H and O–H groups in total. The van der Waals surface area contributed by atoms with Crippen molar-refractivity contribution >= 4 is 5.91 Å². The van der Waals surface area contributed by atoms with Gasteiger partial charge in [0.1, 0.15) is 0 Å². The van der Waals surface area contributed by atoms with Crippen LogP contribution >= 0.6 is 0 Å². The van der Waals surface area contributed by atoms with Gasteiger partial charge in [-0.3, -0.25) is 4.79 Å². The predicted molar refractivity (Wildman–Crippen MR) is 57.6 cm³/mol. The first-order chi connectivity index (χ1) is 7.27. The standard InChI is InChI=1S/C11H20N2O2/c1-9-7-13(5-4-12-9)11(14)10-3-2-6-15-8-10/h9-10,12H,2-8H2,1H3. The molecule has 0 aliphatic carbocycles. The van der Waals surface area contributed by atoms with Crippen molar-refractivity contribution in [2.75, 3.05) is 32.8 Å². The van der Waals surface area contributed by atoms with E-state index in [2.05, 4.69) is 12.2 Å². The lowest BCUT2D eigenvalue weighted by molar-refractivity contribution is -0.140. The SMILES string of the molecule is CC1CN(C(=O)C2CCCOC2)CCN1. The lowest BCUT2D eigenvalue weighted by Crippen LogP contribution is -2.53. The molecule has 2 atom stereocenters. The number of hydrogen-bond acceptors (Lipinski definition) is 3. The summed E-state index contributed by atoms with van der Waals surface area (Å²) in [6.45, 7) is 6.17. The first kappa shape index (κ1) is 10.9. The molecule has 0 aromatic carbocycles. The van der Waals surface area contributed by atoms with Gasteiger partial charge >= 0.3 is 0 Å². The third-order valence-corrected chi connectivity index (χ3v) is 3.19. The number of rotatable bonds is 1. The van der Waals surface area contributed by atoms with E-state index in [1.54, 1.807) is 0 Å². The Bertz CT molecular complexity index is 227. The minimum absolute atomic E-state index is 0.115. The van der Waals surface area contributed by atoms with Crippen LogP contribution in [0.1, 0.15) is 19.8 Å². The van der Waals surface area contributed by atoms with Crippen LogP contribution in [0, 0.1) is 5.92 Å². The summed E-state index contributed by atoms with van der Waals surface area (Å²) in [7, 11) is 0. The summed E-state index contributed by atoms with van der Waals surface area (Å²) in [5, 5.41) is 3.34. The topological polar surface area (TPSA) is 41.6 Å². The van der Waals surface area contributed by atoms with Gasteiger partial charge in [-0.2, -0.15) is 0 Å². The van der Waals surface area contributed by atoms with Crippen molar-refractivity contribution in [3.63, 3.8) is 0 Å². The average molecular weight is 212 g/mol. The summed E-state index contributed by atoms with van der Waals surface area (Å²) in [5.41, 5.74) is 0. The largest absolute Gasteiger partial charge is 0.381 e. The zero-order valence-corrected chi connectivity index (χ0v) is 9.37. The first-order valence-corrected chi connectivity index (χ1v) is 5.87. The van der Waals surface area contributed by atoms with E-state index in [1.165, 1.54) is 0 Å². The minimum atomic E-state index is 0.115. The van der Waals surface area contributed by atoms with Crippen molar-refractivity contribution in [3.05, 3.63) is 0 Å². The fourth-order valence-corrected chi connectivity index (χ4v) is 2.33.